The maximum Gasteiger partial charge on any atom is 0.264 e. The van der Waals surface area contributed by atoms with Crippen molar-refractivity contribution in [2.75, 3.05) is 6.54 Å². The van der Waals surface area contributed by atoms with Crippen LogP contribution in [0.15, 0.2) is 22.7 Å². The van der Waals surface area contributed by atoms with Gasteiger partial charge in [-0.25, -0.2) is 0 Å². The standard InChI is InChI=1S/C16H23N3O2/c1-4-9-17-10-13-8-6-7-12(3)16(13)20-11-15-18-14(5-2)19-21-15/h6-8,17H,4-5,9-11H2,1-3H3. The van der Waals surface area contributed by atoms with Crippen LogP contribution in [0, 0.1) is 6.92 Å². The lowest BCUT2D eigenvalue weighted by Crippen LogP contribution is -2.15. The Balaban J connectivity index is 2.03. The molecule has 2 aromatic rings. The molecule has 0 bridgehead atoms. The molecule has 0 aliphatic carbocycles. The number of hydrogen-bond donors (Lipinski definition) is 1. The summed E-state index contributed by atoms with van der Waals surface area (Å²) in [7, 11) is 0. The molecule has 0 aliphatic rings. The van der Waals surface area contributed by atoms with Gasteiger partial charge < -0.3 is 14.6 Å². The number of nitrogens with zero attached hydrogens (tertiary/aromatic N) is 2. The molecule has 1 aromatic carbocycles. The van der Waals surface area contributed by atoms with Crippen molar-refractivity contribution in [1.82, 2.24) is 15.5 Å². The first-order valence-electron chi connectivity index (χ1n) is 7.48. The first-order valence-corrected chi connectivity index (χ1v) is 7.48. The SMILES string of the molecule is CCCNCc1cccc(C)c1OCc1nc(CC)no1. The summed E-state index contributed by atoms with van der Waals surface area (Å²) in [6.07, 6.45) is 1.88. The van der Waals surface area contributed by atoms with Crippen LogP contribution in [0.5, 0.6) is 5.75 Å². The van der Waals surface area contributed by atoms with Gasteiger partial charge in [-0.1, -0.05) is 37.2 Å². The van der Waals surface area contributed by atoms with Crippen molar-refractivity contribution in [1.29, 1.82) is 0 Å². The van der Waals surface area contributed by atoms with Gasteiger partial charge in [-0.05, 0) is 25.5 Å². The molecule has 0 saturated heterocycles. The van der Waals surface area contributed by atoms with Crippen molar-refractivity contribution >= 4 is 0 Å². The van der Waals surface area contributed by atoms with Crippen LogP contribution in [-0.4, -0.2) is 16.7 Å². The minimum atomic E-state index is 0.304. The van der Waals surface area contributed by atoms with Gasteiger partial charge in [-0.3, -0.25) is 0 Å². The fraction of sp³-hybridized carbons (Fsp3) is 0.500. The zero-order valence-electron chi connectivity index (χ0n) is 13.0. The van der Waals surface area contributed by atoms with Crippen LogP contribution < -0.4 is 10.1 Å². The molecule has 0 unspecified atom stereocenters. The third-order valence-corrected chi connectivity index (χ3v) is 3.20. The maximum absolute atomic E-state index is 5.91. The average molecular weight is 289 g/mol. The Labute approximate surface area is 125 Å². The Morgan fingerprint density at radius 1 is 1.29 bits per heavy atom. The molecule has 1 N–H and O–H groups in total. The first kappa shape index (κ1) is 15.5. The van der Waals surface area contributed by atoms with Crippen LogP contribution in [0.1, 0.15) is 43.1 Å². The lowest BCUT2D eigenvalue weighted by atomic mass is 10.1. The van der Waals surface area contributed by atoms with E-state index >= 15 is 0 Å². The van der Waals surface area contributed by atoms with Crippen LogP contribution >= 0.6 is 0 Å². The van der Waals surface area contributed by atoms with Gasteiger partial charge in [0, 0.05) is 18.5 Å². The highest BCUT2D eigenvalue weighted by molar-refractivity contribution is 5.40. The van der Waals surface area contributed by atoms with E-state index in [-0.39, 0.29) is 0 Å². The van der Waals surface area contributed by atoms with E-state index in [0.717, 1.165) is 42.8 Å². The lowest BCUT2D eigenvalue weighted by Gasteiger charge is -2.13. The van der Waals surface area contributed by atoms with E-state index in [2.05, 4.69) is 28.4 Å². The van der Waals surface area contributed by atoms with E-state index in [4.69, 9.17) is 9.26 Å². The smallest absolute Gasteiger partial charge is 0.264 e. The molecule has 1 aromatic heterocycles. The Kier molecular flexibility index (Phi) is 5.75. The third-order valence-electron chi connectivity index (χ3n) is 3.20. The number of hydrogen-bond acceptors (Lipinski definition) is 5. The number of aromatic nitrogens is 2. The predicted molar refractivity (Wildman–Crippen MR) is 81.2 cm³/mol. The van der Waals surface area contributed by atoms with Gasteiger partial charge in [0.2, 0.25) is 0 Å². The third kappa shape index (κ3) is 4.29. The number of benzene rings is 1. The molecule has 5 heteroatoms. The molecule has 0 radical (unpaired) electrons. The van der Waals surface area contributed by atoms with E-state index in [0.29, 0.717) is 18.3 Å². The average Bonchev–Trinajstić information content (AvgIpc) is 2.95. The van der Waals surface area contributed by atoms with E-state index in [1.807, 2.05) is 26.0 Å². The van der Waals surface area contributed by atoms with Gasteiger partial charge in [-0.15, -0.1) is 0 Å². The van der Waals surface area contributed by atoms with Crippen molar-refractivity contribution in [2.24, 2.45) is 0 Å². The highest BCUT2D eigenvalue weighted by atomic mass is 16.5. The molecule has 1 heterocycles. The summed E-state index contributed by atoms with van der Waals surface area (Å²) in [5.41, 5.74) is 2.26. The van der Waals surface area contributed by atoms with E-state index < -0.39 is 0 Å². The number of aryl methyl sites for hydroxylation is 2. The second-order valence-corrected chi connectivity index (χ2v) is 4.99. The molecule has 21 heavy (non-hydrogen) atoms. The Morgan fingerprint density at radius 3 is 2.86 bits per heavy atom. The minimum Gasteiger partial charge on any atom is -0.483 e. The van der Waals surface area contributed by atoms with Gasteiger partial charge in [0.25, 0.3) is 5.89 Å². The highest BCUT2D eigenvalue weighted by Gasteiger charge is 2.10. The topological polar surface area (TPSA) is 60.2 Å². The second kappa shape index (κ2) is 7.78. The Morgan fingerprint density at radius 2 is 2.14 bits per heavy atom. The zero-order chi connectivity index (χ0) is 15.1. The summed E-state index contributed by atoms with van der Waals surface area (Å²) in [6.45, 7) is 8.30. The molecular weight excluding hydrogens is 266 g/mol. The summed E-state index contributed by atoms with van der Waals surface area (Å²) < 4.78 is 11.1. The van der Waals surface area contributed by atoms with Crippen LogP contribution in [0.25, 0.3) is 0 Å². The predicted octanol–water partition coefficient (Wildman–Crippen LogP) is 3.02. The van der Waals surface area contributed by atoms with E-state index in [1.54, 1.807) is 0 Å². The largest absolute Gasteiger partial charge is 0.483 e. The molecule has 5 nitrogen and oxygen atoms in total. The highest BCUT2D eigenvalue weighted by Crippen LogP contribution is 2.24. The first-order chi connectivity index (χ1) is 10.2. The molecule has 0 amide bonds. The van der Waals surface area contributed by atoms with Gasteiger partial charge in [0.15, 0.2) is 12.4 Å². The maximum atomic E-state index is 5.91. The summed E-state index contributed by atoms with van der Waals surface area (Å²) in [6, 6.07) is 6.17. The van der Waals surface area contributed by atoms with Crippen molar-refractivity contribution < 1.29 is 9.26 Å². The zero-order valence-corrected chi connectivity index (χ0v) is 13.0. The second-order valence-electron chi connectivity index (χ2n) is 4.99. The van der Waals surface area contributed by atoms with Gasteiger partial charge in [-0.2, -0.15) is 4.98 Å². The van der Waals surface area contributed by atoms with Gasteiger partial charge >= 0.3 is 0 Å². The summed E-state index contributed by atoms with van der Waals surface area (Å²) >= 11 is 0. The summed E-state index contributed by atoms with van der Waals surface area (Å²) in [5.74, 6) is 2.13. The van der Waals surface area contributed by atoms with Crippen LogP contribution in [0.4, 0.5) is 0 Å². The van der Waals surface area contributed by atoms with Crippen molar-refractivity contribution in [3.8, 4) is 5.75 Å². The molecule has 0 spiro atoms. The van der Waals surface area contributed by atoms with Crippen molar-refractivity contribution in [3.05, 3.63) is 41.0 Å². The molecule has 114 valence electrons. The van der Waals surface area contributed by atoms with E-state index in [9.17, 15) is 0 Å². The van der Waals surface area contributed by atoms with Crippen LogP contribution in [0.3, 0.4) is 0 Å². The molecule has 0 saturated carbocycles. The number of nitrogens with one attached hydrogen (secondary N) is 1. The molecule has 2 rings (SSSR count). The summed E-state index contributed by atoms with van der Waals surface area (Å²) in [5, 5.41) is 7.27. The lowest BCUT2D eigenvalue weighted by molar-refractivity contribution is 0.239. The molecule has 0 aliphatic heterocycles. The minimum absolute atomic E-state index is 0.304. The van der Waals surface area contributed by atoms with E-state index in [1.165, 1.54) is 0 Å². The molecular formula is C16H23N3O2. The monoisotopic (exact) mass is 289 g/mol. The fourth-order valence-corrected chi connectivity index (χ4v) is 2.09. The quantitative estimate of drug-likeness (QED) is 0.757. The van der Waals surface area contributed by atoms with Gasteiger partial charge in [0.1, 0.15) is 5.75 Å². The van der Waals surface area contributed by atoms with Crippen LogP contribution in [-0.2, 0) is 19.6 Å². The number of para-hydroxylation sites is 1. The van der Waals surface area contributed by atoms with Crippen molar-refractivity contribution in [3.63, 3.8) is 0 Å². The Bertz CT molecular complexity index is 566. The van der Waals surface area contributed by atoms with Crippen LogP contribution in [0.2, 0.25) is 0 Å². The molecule has 0 atom stereocenters. The summed E-state index contributed by atoms with van der Waals surface area (Å²) in [4.78, 5) is 4.26. The van der Waals surface area contributed by atoms with Crippen molar-refractivity contribution in [2.45, 2.75) is 46.8 Å². The number of ether oxygens (including phenoxy) is 1. The number of rotatable bonds is 8. The normalized spacial score (nSPS) is 10.8. The molecule has 0 fully saturated rings. The van der Waals surface area contributed by atoms with Gasteiger partial charge in [0.05, 0.1) is 0 Å². The fourth-order valence-electron chi connectivity index (χ4n) is 2.09. The Hall–Kier alpha value is -1.88.